The van der Waals surface area contributed by atoms with Gasteiger partial charge in [0.2, 0.25) is 0 Å². The zero-order chi connectivity index (χ0) is 21.2. The van der Waals surface area contributed by atoms with E-state index in [4.69, 9.17) is 14.2 Å². The van der Waals surface area contributed by atoms with E-state index in [1.54, 1.807) is 0 Å². The molecule has 0 aromatic heterocycles. The topological polar surface area (TPSA) is 27.7 Å². The fraction of sp³-hybridized carbons (Fsp3) is 0.714. The fourth-order valence-corrected chi connectivity index (χ4v) is 3.55. The van der Waals surface area contributed by atoms with Gasteiger partial charge in [0.25, 0.3) is 5.97 Å². The van der Waals surface area contributed by atoms with Crippen molar-refractivity contribution < 1.29 is 31.8 Å². The second-order valence-electron chi connectivity index (χ2n) is 6.97. The molecule has 1 atom stereocenters. The summed E-state index contributed by atoms with van der Waals surface area (Å²) in [6, 6.07) is 0.698. The summed E-state index contributed by atoms with van der Waals surface area (Å²) in [5, 5.41) is 0. The van der Waals surface area contributed by atoms with E-state index < -0.39 is 29.2 Å². The fourth-order valence-electron chi connectivity index (χ4n) is 3.55. The van der Waals surface area contributed by atoms with Gasteiger partial charge in [-0.15, -0.1) is 0 Å². The molecule has 7 heteroatoms. The van der Waals surface area contributed by atoms with Crippen LogP contribution in [0.15, 0.2) is 6.07 Å². The van der Waals surface area contributed by atoms with Gasteiger partial charge in [-0.25, -0.2) is 17.6 Å². The molecular weight excluding hydrogens is 376 g/mol. The van der Waals surface area contributed by atoms with E-state index in [1.165, 1.54) is 40.6 Å². The van der Waals surface area contributed by atoms with Crippen molar-refractivity contribution >= 4 is 0 Å². The van der Waals surface area contributed by atoms with Crippen LogP contribution in [0.1, 0.15) is 63.9 Å². The second-order valence-corrected chi connectivity index (χ2v) is 6.97. The average Bonchev–Trinajstić information content (AvgIpc) is 2.71. The molecule has 0 bridgehead atoms. The molecule has 0 aliphatic carbocycles. The van der Waals surface area contributed by atoms with Gasteiger partial charge in [-0.05, 0) is 30.9 Å². The highest BCUT2D eigenvalue weighted by Crippen LogP contribution is 2.33. The van der Waals surface area contributed by atoms with Crippen molar-refractivity contribution in [1.29, 1.82) is 0 Å². The first-order chi connectivity index (χ1) is 13.4. The number of rotatable bonds is 14. The van der Waals surface area contributed by atoms with Crippen LogP contribution in [0, 0.1) is 29.2 Å². The van der Waals surface area contributed by atoms with Crippen LogP contribution in [0.4, 0.5) is 17.6 Å². The van der Waals surface area contributed by atoms with Crippen LogP contribution < -0.4 is 0 Å². The standard InChI is InChI=1S/C21H32F4O3/c1-5-6-7-8-9-10-11-16(21(26-2,27-3)28-4)13-12-15-14-17(22)19(24)20(25)18(15)23/h14,16H,5-13H2,1-4H3. The molecule has 162 valence electrons. The Morgan fingerprint density at radius 2 is 1.36 bits per heavy atom. The number of benzene rings is 1. The van der Waals surface area contributed by atoms with Gasteiger partial charge in [0, 0.05) is 27.2 Å². The minimum Gasteiger partial charge on any atom is -0.331 e. The van der Waals surface area contributed by atoms with E-state index in [1.807, 2.05) is 0 Å². The van der Waals surface area contributed by atoms with Crippen molar-refractivity contribution in [2.24, 2.45) is 5.92 Å². The Kier molecular flexibility index (Phi) is 11.0. The van der Waals surface area contributed by atoms with E-state index >= 15 is 0 Å². The molecule has 1 unspecified atom stereocenters. The molecule has 0 fully saturated rings. The van der Waals surface area contributed by atoms with Crippen molar-refractivity contribution in [3.8, 4) is 0 Å². The Labute approximate surface area is 165 Å². The molecule has 1 rings (SSSR count). The summed E-state index contributed by atoms with van der Waals surface area (Å²) in [5.41, 5.74) is -0.221. The second kappa shape index (κ2) is 12.4. The minimum atomic E-state index is -1.80. The normalized spacial score (nSPS) is 13.1. The van der Waals surface area contributed by atoms with Gasteiger partial charge in [-0.2, -0.15) is 0 Å². The average molecular weight is 408 g/mol. The lowest BCUT2D eigenvalue weighted by Gasteiger charge is -2.36. The SMILES string of the molecule is CCCCCCCCC(CCc1cc(F)c(F)c(F)c1F)C(OC)(OC)OC. The van der Waals surface area contributed by atoms with E-state index in [0.717, 1.165) is 19.3 Å². The third kappa shape index (κ3) is 6.42. The predicted octanol–water partition coefficient (Wildman–Crippen LogP) is 6.14. The van der Waals surface area contributed by atoms with Gasteiger partial charge in [0.05, 0.1) is 0 Å². The maximum atomic E-state index is 14.0. The van der Waals surface area contributed by atoms with E-state index in [2.05, 4.69) is 6.92 Å². The smallest absolute Gasteiger partial charge is 0.285 e. The third-order valence-corrected chi connectivity index (χ3v) is 5.20. The lowest BCUT2D eigenvalue weighted by Crippen LogP contribution is -2.44. The van der Waals surface area contributed by atoms with Gasteiger partial charge >= 0.3 is 0 Å². The summed E-state index contributed by atoms with van der Waals surface area (Å²) in [5.74, 6) is -8.00. The van der Waals surface area contributed by atoms with Crippen LogP contribution in [-0.4, -0.2) is 27.3 Å². The van der Waals surface area contributed by atoms with E-state index in [-0.39, 0.29) is 17.9 Å². The maximum absolute atomic E-state index is 14.0. The molecular formula is C21H32F4O3. The van der Waals surface area contributed by atoms with Crippen molar-refractivity contribution in [2.75, 3.05) is 21.3 Å². The van der Waals surface area contributed by atoms with Crippen LogP contribution in [0.5, 0.6) is 0 Å². The number of ether oxygens (including phenoxy) is 3. The summed E-state index contributed by atoms with van der Waals surface area (Å²) in [6.07, 6.45) is 7.54. The van der Waals surface area contributed by atoms with Crippen LogP contribution in [0.3, 0.4) is 0 Å². The molecule has 0 radical (unpaired) electrons. The zero-order valence-electron chi connectivity index (χ0n) is 17.3. The molecule has 0 saturated heterocycles. The van der Waals surface area contributed by atoms with Crippen LogP contribution in [-0.2, 0) is 20.6 Å². The Morgan fingerprint density at radius 3 is 1.93 bits per heavy atom. The quantitative estimate of drug-likeness (QED) is 0.122. The predicted molar refractivity (Wildman–Crippen MR) is 99.8 cm³/mol. The van der Waals surface area contributed by atoms with Crippen LogP contribution in [0.2, 0.25) is 0 Å². The van der Waals surface area contributed by atoms with E-state index in [0.29, 0.717) is 18.9 Å². The number of hydrogen-bond acceptors (Lipinski definition) is 3. The maximum Gasteiger partial charge on any atom is 0.285 e. The van der Waals surface area contributed by atoms with Crippen molar-refractivity contribution in [3.63, 3.8) is 0 Å². The molecule has 0 aliphatic rings. The first-order valence-corrected chi connectivity index (χ1v) is 9.84. The first kappa shape index (κ1) is 24.9. The number of aryl methyl sites for hydroxylation is 1. The molecule has 0 spiro atoms. The van der Waals surface area contributed by atoms with Gasteiger partial charge in [0.1, 0.15) is 0 Å². The minimum absolute atomic E-state index is 0.00170. The first-order valence-electron chi connectivity index (χ1n) is 9.84. The van der Waals surface area contributed by atoms with Gasteiger partial charge in [-0.1, -0.05) is 45.4 Å². The lowest BCUT2D eigenvalue weighted by molar-refractivity contribution is -0.380. The molecule has 0 amide bonds. The Balaban J connectivity index is 2.85. The Hall–Kier alpha value is -1.18. The highest BCUT2D eigenvalue weighted by molar-refractivity contribution is 5.22. The monoisotopic (exact) mass is 408 g/mol. The molecule has 3 nitrogen and oxygen atoms in total. The number of methoxy groups -OCH3 is 3. The molecule has 1 aromatic rings. The van der Waals surface area contributed by atoms with Crippen molar-refractivity contribution in [3.05, 3.63) is 34.9 Å². The van der Waals surface area contributed by atoms with Gasteiger partial charge in [-0.3, -0.25) is 0 Å². The van der Waals surface area contributed by atoms with E-state index in [9.17, 15) is 17.6 Å². The largest absolute Gasteiger partial charge is 0.331 e. The Morgan fingerprint density at radius 1 is 0.786 bits per heavy atom. The molecule has 28 heavy (non-hydrogen) atoms. The molecule has 0 N–H and O–H groups in total. The third-order valence-electron chi connectivity index (χ3n) is 5.20. The summed E-state index contributed by atoms with van der Waals surface area (Å²) < 4.78 is 70.4. The van der Waals surface area contributed by atoms with Crippen LogP contribution in [0.25, 0.3) is 0 Å². The highest BCUT2D eigenvalue weighted by atomic mass is 19.2. The van der Waals surface area contributed by atoms with Gasteiger partial charge in [0.15, 0.2) is 23.3 Å². The van der Waals surface area contributed by atoms with Crippen molar-refractivity contribution in [2.45, 2.75) is 70.7 Å². The Bertz CT molecular complexity index is 583. The zero-order valence-corrected chi connectivity index (χ0v) is 17.3. The van der Waals surface area contributed by atoms with Crippen LogP contribution >= 0.6 is 0 Å². The number of hydrogen-bond donors (Lipinski definition) is 0. The lowest BCUT2D eigenvalue weighted by atomic mass is 9.91. The molecule has 1 aromatic carbocycles. The van der Waals surface area contributed by atoms with Crippen molar-refractivity contribution in [1.82, 2.24) is 0 Å². The number of unbranched alkanes of at least 4 members (excludes halogenated alkanes) is 5. The molecule has 0 saturated carbocycles. The summed E-state index contributed by atoms with van der Waals surface area (Å²) >= 11 is 0. The summed E-state index contributed by atoms with van der Waals surface area (Å²) in [6.45, 7) is 2.15. The summed E-state index contributed by atoms with van der Waals surface area (Å²) in [4.78, 5) is 0. The highest BCUT2D eigenvalue weighted by Gasteiger charge is 2.39. The molecule has 0 aliphatic heterocycles. The van der Waals surface area contributed by atoms with Gasteiger partial charge < -0.3 is 14.2 Å². The molecule has 0 heterocycles. The number of halogens is 4. The summed E-state index contributed by atoms with van der Waals surface area (Å²) in [7, 11) is 4.33.